The average Bonchev–Trinajstić information content (AvgIpc) is 2.63. The molecule has 1 aromatic heterocycles. The zero-order valence-electron chi connectivity index (χ0n) is 10.9. The molecule has 0 saturated heterocycles. The van der Waals surface area contributed by atoms with Crippen molar-refractivity contribution < 1.29 is 13.9 Å². The van der Waals surface area contributed by atoms with Gasteiger partial charge in [-0.2, -0.15) is 5.10 Å². The summed E-state index contributed by atoms with van der Waals surface area (Å²) in [6, 6.07) is 5.55. The summed E-state index contributed by atoms with van der Waals surface area (Å²) < 4.78 is 28.6. The Labute approximate surface area is 110 Å². The number of benzene rings is 1. The normalized spacial score (nSPS) is 12.7. The van der Waals surface area contributed by atoms with Crippen LogP contribution in [0.1, 0.15) is 17.0 Å². The predicted molar refractivity (Wildman–Crippen MR) is 67.7 cm³/mol. The van der Waals surface area contributed by atoms with Gasteiger partial charge in [-0.05, 0) is 25.1 Å². The van der Waals surface area contributed by atoms with Crippen molar-refractivity contribution >= 4 is 0 Å². The Morgan fingerprint density at radius 1 is 1.26 bits per heavy atom. The first-order valence-corrected chi connectivity index (χ1v) is 6.08. The van der Waals surface area contributed by atoms with E-state index in [2.05, 4.69) is 5.10 Å². The number of aryl methyl sites for hydroxylation is 2. The van der Waals surface area contributed by atoms with Crippen molar-refractivity contribution in [2.24, 2.45) is 7.05 Å². The molecule has 2 rings (SSSR count). The molecule has 0 aliphatic heterocycles. The van der Waals surface area contributed by atoms with Crippen LogP contribution in [0, 0.1) is 18.6 Å². The lowest BCUT2D eigenvalue weighted by molar-refractivity contribution is 0.170. The van der Waals surface area contributed by atoms with Gasteiger partial charge in [0.2, 0.25) is 0 Å². The van der Waals surface area contributed by atoms with Crippen LogP contribution in [0.5, 0.6) is 0 Å². The largest absolute Gasteiger partial charge is 0.392 e. The molecule has 5 heteroatoms. The highest BCUT2D eigenvalue weighted by Crippen LogP contribution is 2.16. The van der Waals surface area contributed by atoms with Gasteiger partial charge in [-0.3, -0.25) is 4.68 Å². The molecule has 2 aromatic rings. The zero-order valence-corrected chi connectivity index (χ0v) is 10.9. The average molecular weight is 266 g/mol. The van der Waals surface area contributed by atoms with E-state index in [1.165, 1.54) is 18.2 Å². The van der Waals surface area contributed by atoms with Gasteiger partial charge in [0.05, 0.1) is 11.8 Å². The molecule has 102 valence electrons. The molecule has 1 atom stereocenters. The van der Waals surface area contributed by atoms with Gasteiger partial charge in [0, 0.05) is 31.1 Å². The molecule has 19 heavy (non-hydrogen) atoms. The minimum absolute atomic E-state index is 0.0528. The second-order valence-electron chi connectivity index (χ2n) is 4.66. The van der Waals surface area contributed by atoms with Gasteiger partial charge >= 0.3 is 0 Å². The van der Waals surface area contributed by atoms with E-state index in [4.69, 9.17) is 0 Å². The minimum Gasteiger partial charge on any atom is -0.392 e. The summed E-state index contributed by atoms with van der Waals surface area (Å²) in [5, 5.41) is 14.1. The molecule has 3 nitrogen and oxygen atoms in total. The number of aliphatic hydroxyl groups excluding tert-OH is 1. The summed E-state index contributed by atoms with van der Waals surface area (Å²) >= 11 is 0. The first-order valence-electron chi connectivity index (χ1n) is 6.08. The fraction of sp³-hybridized carbons (Fsp3) is 0.357. The van der Waals surface area contributed by atoms with Gasteiger partial charge in [0.1, 0.15) is 11.6 Å². The van der Waals surface area contributed by atoms with E-state index in [1.807, 2.05) is 13.0 Å². The first-order chi connectivity index (χ1) is 8.97. The van der Waals surface area contributed by atoms with Crippen molar-refractivity contribution in [2.75, 3.05) is 0 Å². The van der Waals surface area contributed by atoms with Gasteiger partial charge in [-0.15, -0.1) is 0 Å². The van der Waals surface area contributed by atoms with E-state index in [1.54, 1.807) is 11.7 Å². The molecule has 0 amide bonds. The van der Waals surface area contributed by atoms with Gasteiger partial charge in [0.15, 0.2) is 0 Å². The van der Waals surface area contributed by atoms with E-state index in [0.717, 1.165) is 11.4 Å². The number of hydrogen-bond acceptors (Lipinski definition) is 2. The number of halogens is 2. The van der Waals surface area contributed by atoms with Crippen LogP contribution in [-0.2, 0) is 19.9 Å². The van der Waals surface area contributed by atoms with Crippen molar-refractivity contribution in [3.05, 3.63) is 52.9 Å². The molecule has 0 radical (unpaired) electrons. The smallest absolute Gasteiger partial charge is 0.129 e. The zero-order chi connectivity index (χ0) is 14.0. The molecule has 0 aliphatic carbocycles. The quantitative estimate of drug-likeness (QED) is 0.920. The summed E-state index contributed by atoms with van der Waals surface area (Å²) in [5.74, 6) is -1.25. The minimum atomic E-state index is -0.846. The second-order valence-corrected chi connectivity index (χ2v) is 4.66. The molecule has 0 bridgehead atoms. The Bertz CT molecular complexity index is 561. The van der Waals surface area contributed by atoms with Gasteiger partial charge in [0.25, 0.3) is 0 Å². The molecule has 1 N–H and O–H groups in total. The lowest BCUT2D eigenvalue weighted by Gasteiger charge is -2.12. The number of aromatic nitrogens is 2. The fourth-order valence-electron chi connectivity index (χ4n) is 2.13. The summed E-state index contributed by atoms with van der Waals surface area (Å²) in [6.45, 7) is 1.85. The summed E-state index contributed by atoms with van der Waals surface area (Å²) in [7, 11) is 1.78. The highest BCUT2D eigenvalue weighted by molar-refractivity contribution is 5.21. The lowest BCUT2D eigenvalue weighted by Crippen LogP contribution is -2.17. The molecular formula is C14H16F2N2O. The number of aliphatic hydroxyl groups is 1. The number of hydrogen-bond donors (Lipinski definition) is 1. The third-order valence-corrected chi connectivity index (χ3v) is 3.05. The molecule has 1 heterocycles. The van der Waals surface area contributed by atoms with E-state index in [0.29, 0.717) is 6.42 Å². The fourth-order valence-corrected chi connectivity index (χ4v) is 2.13. The van der Waals surface area contributed by atoms with Crippen LogP contribution >= 0.6 is 0 Å². The lowest BCUT2D eigenvalue weighted by atomic mass is 10.0. The third-order valence-electron chi connectivity index (χ3n) is 3.05. The Kier molecular flexibility index (Phi) is 3.95. The predicted octanol–water partition coefficient (Wildman–Crippen LogP) is 2.15. The molecule has 1 aromatic carbocycles. The van der Waals surface area contributed by atoms with Crippen molar-refractivity contribution in [1.82, 2.24) is 9.78 Å². The van der Waals surface area contributed by atoms with Crippen LogP contribution in [0.25, 0.3) is 0 Å². The highest BCUT2D eigenvalue weighted by Gasteiger charge is 2.15. The topological polar surface area (TPSA) is 38.0 Å². The third kappa shape index (κ3) is 3.17. The Morgan fingerprint density at radius 2 is 1.89 bits per heavy atom. The van der Waals surface area contributed by atoms with Crippen LogP contribution in [0.3, 0.4) is 0 Å². The molecule has 1 unspecified atom stereocenters. The van der Waals surface area contributed by atoms with Crippen LogP contribution in [0.15, 0.2) is 24.3 Å². The van der Waals surface area contributed by atoms with Crippen LogP contribution in [0.4, 0.5) is 8.78 Å². The summed E-state index contributed by atoms with van der Waals surface area (Å²) in [6.07, 6.45) is -0.588. The van der Waals surface area contributed by atoms with Gasteiger partial charge in [-0.1, -0.05) is 6.07 Å². The number of rotatable bonds is 4. The van der Waals surface area contributed by atoms with E-state index in [-0.39, 0.29) is 12.0 Å². The van der Waals surface area contributed by atoms with E-state index < -0.39 is 17.7 Å². The van der Waals surface area contributed by atoms with Crippen LogP contribution in [-0.4, -0.2) is 21.0 Å². The van der Waals surface area contributed by atoms with Gasteiger partial charge in [-0.25, -0.2) is 8.78 Å². The maximum absolute atomic E-state index is 13.5. The van der Waals surface area contributed by atoms with Crippen molar-refractivity contribution in [3.63, 3.8) is 0 Å². The maximum atomic E-state index is 13.5. The van der Waals surface area contributed by atoms with E-state index in [9.17, 15) is 13.9 Å². The highest BCUT2D eigenvalue weighted by atomic mass is 19.1. The summed E-state index contributed by atoms with van der Waals surface area (Å²) in [4.78, 5) is 0. The first kappa shape index (κ1) is 13.7. The van der Waals surface area contributed by atoms with Crippen molar-refractivity contribution in [3.8, 4) is 0 Å². The molecule has 0 spiro atoms. The Hall–Kier alpha value is -1.75. The Morgan fingerprint density at radius 3 is 2.42 bits per heavy atom. The molecular weight excluding hydrogens is 250 g/mol. The Balaban J connectivity index is 2.09. The number of nitrogens with zero attached hydrogens (tertiary/aromatic N) is 2. The second kappa shape index (κ2) is 5.48. The summed E-state index contributed by atoms with van der Waals surface area (Å²) in [5.41, 5.74) is 1.61. The van der Waals surface area contributed by atoms with Crippen molar-refractivity contribution in [1.29, 1.82) is 0 Å². The van der Waals surface area contributed by atoms with Crippen LogP contribution < -0.4 is 0 Å². The molecule has 0 aliphatic rings. The maximum Gasteiger partial charge on any atom is 0.129 e. The SMILES string of the molecule is Cc1cc(CC(O)Cc2c(F)cccc2F)n(C)n1. The van der Waals surface area contributed by atoms with Gasteiger partial charge < -0.3 is 5.11 Å². The van der Waals surface area contributed by atoms with Crippen molar-refractivity contribution in [2.45, 2.75) is 25.9 Å². The van der Waals surface area contributed by atoms with Crippen LogP contribution in [0.2, 0.25) is 0 Å². The monoisotopic (exact) mass is 266 g/mol. The molecule has 0 saturated carbocycles. The molecule has 0 fully saturated rings. The standard InChI is InChI=1S/C14H16F2N2O/c1-9-6-10(18(2)17-9)7-11(19)8-12-13(15)4-3-5-14(12)16/h3-6,11,19H,7-8H2,1-2H3. The van der Waals surface area contributed by atoms with E-state index >= 15 is 0 Å².